The van der Waals surface area contributed by atoms with Crippen LogP contribution in [0.2, 0.25) is 5.02 Å². The van der Waals surface area contributed by atoms with Crippen LogP contribution in [0.1, 0.15) is 38.3 Å². The molecule has 136 valence electrons. The second-order valence-electron chi connectivity index (χ2n) is 7.64. The van der Waals surface area contributed by atoms with Crippen LogP contribution in [0.25, 0.3) is 16.8 Å². The zero-order chi connectivity index (χ0) is 18.9. The minimum atomic E-state index is -0.0319. The molecule has 0 spiro atoms. The van der Waals surface area contributed by atoms with Gasteiger partial charge in [-0.2, -0.15) is 0 Å². The lowest BCUT2D eigenvalue weighted by atomic mass is 9.88. The minimum absolute atomic E-state index is 0.0319. The molecule has 2 aromatic heterocycles. The Morgan fingerprint density at radius 1 is 1.23 bits per heavy atom. The Bertz CT molecular complexity index is 940. The van der Waals surface area contributed by atoms with Crippen molar-refractivity contribution in [2.24, 2.45) is 5.41 Å². The molecule has 0 saturated carbocycles. The molecule has 0 aliphatic heterocycles. The average Bonchev–Trinajstić information content (AvgIpc) is 2.98. The van der Waals surface area contributed by atoms with Crippen LogP contribution in [0.5, 0.6) is 0 Å². The molecule has 0 saturated heterocycles. The Hall–Kier alpha value is -2.17. The maximum Gasteiger partial charge on any atom is 0.212 e. The molecule has 26 heavy (non-hydrogen) atoms. The van der Waals surface area contributed by atoms with E-state index < -0.39 is 0 Å². The van der Waals surface area contributed by atoms with Crippen LogP contribution in [-0.2, 0) is 0 Å². The number of carbonyl (C=O) groups excluding carboxylic acids is 1. The molecule has 1 atom stereocenters. The van der Waals surface area contributed by atoms with Crippen molar-refractivity contribution in [2.75, 3.05) is 6.54 Å². The largest absolute Gasteiger partial charge is 0.307 e. The number of Topliss-reactive ketones (excluding diaryl/α,β-unsaturated/α-hetero) is 1. The molecular formula is C21H24ClN3O. The lowest BCUT2D eigenvalue weighted by molar-refractivity contribution is 0.0970. The van der Waals surface area contributed by atoms with E-state index in [1.807, 2.05) is 53.1 Å². The topological polar surface area (TPSA) is 46.4 Å². The third kappa shape index (κ3) is 3.81. The summed E-state index contributed by atoms with van der Waals surface area (Å²) >= 11 is 6.13. The van der Waals surface area contributed by atoms with Gasteiger partial charge in [0.15, 0.2) is 5.82 Å². The van der Waals surface area contributed by atoms with E-state index in [9.17, 15) is 4.79 Å². The highest BCUT2D eigenvalue weighted by atomic mass is 35.5. The van der Waals surface area contributed by atoms with Gasteiger partial charge in [0.25, 0.3) is 0 Å². The molecule has 1 N–H and O–H groups in total. The summed E-state index contributed by atoms with van der Waals surface area (Å²) in [6, 6.07) is 13.6. The fourth-order valence-corrected chi connectivity index (χ4v) is 2.90. The number of nitrogens with zero attached hydrogens (tertiary/aromatic N) is 2. The maximum atomic E-state index is 12.8. The van der Waals surface area contributed by atoms with Gasteiger partial charge >= 0.3 is 0 Å². The predicted octanol–water partition coefficient (Wildman–Crippen LogP) is 4.86. The molecule has 5 heteroatoms. The number of rotatable bonds is 5. The highest BCUT2D eigenvalue weighted by Crippen LogP contribution is 2.27. The minimum Gasteiger partial charge on any atom is -0.307 e. The zero-order valence-electron chi connectivity index (χ0n) is 15.6. The second kappa shape index (κ2) is 7.22. The van der Waals surface area contributed by atoms with Gasteiger partial charge in [0.05, 0.1) is 17.8 Å². The number of imidazole rings is 1. The summed E-state index contributed by atoms with van der Waals surface area (Å²) < 4.78 is 1.85. The summed E-state index contributed by atoms with van der Waals surface area (Å²) in [5.74, 6) is 0.403. The maximum absolute atomic E-state index is 12.8. The summed E-state index contributed by atoms with van der Waals surface area (Å²) in [7, 11) is 0. The average molecular weight is 370 g/mol. The van der Waals surface area contributed by atoms with Gasteiger partial charge < -0.3 is 5.32 Å². The van der Waals surface area contributed by atoms with Gasteiger partial charge in [-0.25, -0.2) is 4.98 Å². The van der Waals surface area contributed by atoms with E-state index in [4.69, 9.17) is 11.6 Å². The van der Waals surface area contributed by atoms with Crippen LogP contribution in [0.4, 0.5) is 0 Å². The molecule has 0 fully saturated rings. The quantitative estimate of drug-likeness (QED) is 0.653. The highest BCUT2D eigenvalue weighted by molar-refractivity contribution is 6.30. The van der Waals surface area contributed by atoms with Crippen LogP contribution in [0.3, 0.4) is 0 Å². The predicted molar refractivity (Wildman–Crippen MR) is 107 cm³/mol. The molecule has 0 bridgehead atoms. The molecular weight excluding hydrogens is 346 g/mol. The number of benzene rings is 1. The monoisotopic (exact) mass is 369 g/mol. The first-order chi connectivity index (χ1) is 12.3. The highest BCUT2D eigenvalue weighted by Gasteiger charge is 2.22. The first kappa shape index (κ1) is 18.6. The van der Waals surface area contributed by atoms with Crippen molar-refractivity contribution in [3.63, 3.8) is 0 Å². The Morgan fingerprint density at radius 3 is 2.69 bits per heavy atom. The van der Waals surface area contributed by atoms with Crippen molar-refractivity contribution in [3.05, 3.63) is 59.5 Å². The normalized spacial score (nSPS) is 13.1. The number of nitrogens with one attached hydrogen (secondary N) is 1. The molecule has 0 aliphatic rings. The Balaban J connectivity index is 1.96. The van der Waals surface area contributed by atoms with Crippen molar-refractivity contribution in [1.29, 1.82) is 0 Å². The van der Waals surface area contributed by atoms with Crippen LogP contribution < -0.4 is 5.32 Å². The van der Waals surface area contributed by atoms with E-state index >= 15 is 0 Å². The van der Waals surface area contributed by atoms with Crippen molar-refractivity contribution < 1.29 is 4.79 Å². The third-order valence-electron chi connectivity index (χ3n) is 4.76. The number of carbonyl (C=O) groups is 1. The van der Waals surface area contributed by atoms with Gasteiger partial charge in [0, 0.05) is 22.8 Å². The van der Waals surface area contributed by atoms with Crippen molar-refractivity contribution in [1.82, 2.24) is 14.7 Å². The fourth-order valence-electron chi connectivity index (χ4n) is 2.71. The molecule has 0 amide bonds. The van der Waals surface area contributed by atoms with Crippen molar-refractivity contribution >= 4 is 22.9 Å². The van der Waals surface area contributed by atoms with Gasteiger partial charge in [0.1, 0.15) is 0 Å². The zero-order valence-corrected chi connectivity index (χ0v) is 16.3. The Kier molecular flexibility index (Phi) is 5.17. The van der Waals surface area contributed by atoms with Crippen LogP contribution >= 0.6 is 11.6 Å². The number of halogens is 1. The van der Waals surface area contributed by atoms with E-state index in [1.54, 1.807) is 0 Å². The fraction of sp³-hybridized carbons (Fsp3) is 0.333. The Morgan fingerprint density at radius 2 is 2.00 bits per heavy atom. The second-order valence-corrected chi connectivity index (χ2v) is 8.08. The van der Waals surface area contributed by atoms with E-state index in [-0.39, 0.29) is 23.8 Å². The first-order valence-electron chi connectivity index (χ1n) is 8.77. The Labute approximate surface area is 159 Å². The van der Waals surface area contributed by atoms with Crippen molar-refractivity contribution in [3.8, 4) is 11.3 Å². The van der Waals surface area contributed by atoms with E-state index in [1.165, 1.54) is 0 Å². The van der Waals surface area contributed by atoms with Crippen molar-refractivity contribution in [2.45, 2.75) is 33.7 Å². The molecule has 3 rings (SSSR count). The molecule has 0 aliphatic carbocycles. The van der Waals surface area contributed by atoms with Gasteiger partial charge in [-0.05, 0) is 36.6 Å². The molecule has 1 aromatic carbocycles. The first-order valence-corrected chi connectivity index (χ1v) is 9.15. The summed E-state index contributed by atoms with van der Waals surface area (Å²) in [4.78, 5) is 17.5. The SMILES string of the molecule is C[C@@H](NCC(=O)c1nc(-c2cccc(Cl)c2)c2ccccn12)C(C)(C)C. The smallest absolute Gasteiger partial charge is 0.212 e. The summed E-state index contributed by atoms with van der Waals surface area (Å²) in [5.41, 5.74) is 2.64. The molecule has 0 unspecified atom stereocenters. The van der Waals surface area contributed by atoms with Gasteiger partial charge in [0.2, 0.25) is 5.78 Å². The number of ketones is 1. The van der Waals surface area contributed by atoms with Crippen LogP contribution in [-0.4, -0.2) is 27.8 Å². The summed E-state index contributed by atoms with van der Waals surface area (Å²) in [5, 5.41) is 3.97. The molecule has 4 nitrogen and oxygen atoms in total. The molecule has 3 aromatic rings. The van der Waals surface area contributed by atoms with Gasteiger partial charge in [-0.3, -0.25) is 9.20 Å². The number of pyridine rings is 1. The lowest BCUT2D eigenvalue weighted by Gasteiger charge is -2.27. The van der Waals surface area contributed by atoms with Gasteiger partial charge in [-0.15, -0.1) is 0 Å². The number of aromatic nitrogens is 2. The molecule has 0 radical (unpaired) electrons. The number of fused-ring (bicyclic) bond motifs is 1. The third-order valence-corrected chi connectivity index (χ3v) is 5.00. The molecule has 2 heterocycles. The summed E-state index contributed by atoms with van der Waals surface area (Å²) in [6.07, 6.45) is 1.87. The summed E-state index contributed by atoms with van der Waals surface area (Å²) in [6.45, 7) is 8.79. The van der Waals surface area contributed by atoms with E-state index in [0.29, 0.717) is 10.8 Å². The van der Waals surface area contributed by atoms with Crippen LogP contribution in [0.15, 0.2) is 48.7 Å². The van der Waals surface area contributed by atoms with Gasteiger partial charge in [-0.1, -0.05) is 50.6 Å². The van der Waals surface area contributed by atoms with E-state index in [0.717, 1.165) is 16.8 Å². The number of hydrogen-bond donors (Lipinski definition) is 1. The van der Waals surface area contributed by atoms with Crippen LogP contribution in [0, 0.1) is 5.41 Å². The lowest BCUT2D eigenvalue weighted by Crippen LogP contribution is -2.40. The number of hydrogen-bond acceptors (Lipinski definition) is 3. The van der Waals surface area contributed by atoms with E-state index in [2.05, 4.69) is 38.0 Å². The standard InChI is InChI=1S/C21H24ClN3O/c1-14(21(2,3)4)23-13-18(26)20-24-19(15-8-7-9-16(22)12-15)17-10-5-6-11-25(17)20/h5-12,14,23H,13H2,1-4H3/t14-/m1/s1.